The average molecular weight is 130 g/mol. The zero-order chi connectivity index (χ0) is 7.86. The van der Waals surface area contributed by atoms with Crippen LogP contribution in [0.4, 0.5) is 4.39 Å². The molecule has 54 valence electrons. The van der Waals surface area contributed by atoms with Gasteiger partial charge in [-0.1, -0.05) is 20.4 Å². The van der Waals surface area contributed by atoms with Crippen molar-refractivity contribution in [3.8, 4) is 0 Å². The van der Waals surface area contributed by atoms with Crippen molar-refractivity contribution >= 4 is 0 Å². The van der Waals surface area contributed by atoms with Crippen LogP contribution in [0.5, 0.6) is 0 Å². The van der Waals surface area contributed by atoms with E-state index in [9.17, 15) is 4.39 Å². The van der Waals surface area contributed by atoms with Gasteiger partial charge in [0.15, 0.2) is 0 Å². The lowest BCUT2D eigenvalue weighted by molar-refractivity contribution is 0.655. The van der Waals surface area contributed by atoms with Gasteiger partial charge in [0.05, 0.1) is 0 Å². The van der Waals surface area contributed by atoms with Gasteiger partial charge < -0.3 is 0 Å². The first-order chi connectivity index (χ1) is 4.18. The van der Waals surface area contributed by atoms with E-state index in [1.54, 1.807) is 13.8 Å². The first kappa shape index (κ1) is 11.2. The van der Waals surface area contributed by atoms with Crippen molar-refractivity contribution in [3.05, 3.63) is 24.1 Å². The monoisotopic (exact) mass is 130 g/mol. The number of hydrogen-bond acceptors (Lipinski definition) is 0. The SMILES string of the molecule is C=CC(F)=C(C)C.CC. The summed E-state index contributed by atoms with van der Waals surface area (Å²) >= 11 is 0. The van der Waals surface area contributed by atoms with E-state index in [0.29, 0.717) is 5.57 Å². The van der Waals surface area contributed by atoms with Crippen molar-refractivity contribution in [1.29, 1.82) is 0 Å². The summed E-state index contributed by atoms with van der Waals surface area (Å²) in [6.07, 6.45) is 1.20. The Labute approximate surface area is 57.1 Å². The molecule has 0 aromatic carbocycles. The summed E-state index contributed by atoms with van der Waals surface area (Å²) in [6, 6.07) is 0. The molecule has 0 radical (unpaired) electrons. The predicted octanol–water partition coefficient (Wildman–Crippen LogP) is 3.46. The second-order valence-electron chi connectivity index (χ2n) is 1.55. The Hall–Kier alpha value is -0.590. The van der Waals surface area contributed by atoms with Crippen LogP contribution in [-0.2, 0) is 0 Å². The van der Waals surface area contributed by atoms with E-state index in [0.717, 1.165) is 0 Å². The van der Waals surface area contributed by atoms with Gasteiger partial charge >= 0.3 is 0 Å². The van der Waals surface area contributed by atoms with Gasteiger partial charge in [-0.2, -0.15) is 0 Å². The summed E-state index contributed by atoms with van der Waals surface area (Å²) in [4.78, 5) is 0. The summed E-state index contributed by atoms with van der Waals surface area (Å²) in [6.45, 7) is 10.7. The molecule has 0 aliphatic heterocycles. The summed E-state index contributed by atoms with van der Waals surface area (Å²) in [5, 5.41) is 0. The molecule has 9 heavy (non-hydrogen) atoms. The molecule has 0 spiro atoms. The molecular formula is C8H15F. The van der Waals surface area contributed by atoms with Crippen molar-refractivity contribution in [2.75, 3.05) is 0 Å². The molecule has 0 nitrogen and oxygen atoms in total. The molecule has 0 bridgehead atoms. The van der Waals surface area contributed by atoms with Crippen LogP contribution in [-0.4, -0.2) is 0 Å². The molecule has 0 N–H and O–H groups in total. The fraction of sp³-hybridized carbons (Fsp3) is 0.500. The van der Waals surface area contributed by atoms with Crippen molar-refractivity contribution in [1.82, 2.24) is 0 Å². The summed E-state index contributed by atoms with van der Waals surface area (Å²) in [5.41, 5.74) is 0.676. The van der Waals surface area contributed by atoms with Crippen LogP contribution in [0.3, 0.4) is 0 Å². The third-order valence-electron chi connectivity index (χ3n) is 0.657. The van der Waals surface area contributed by atoms with Crippen LogP contribution < -0.4 is 0 Å². The first-order valence-electron chi connectivity index (χ1n) is 3.14. The quantitative estimate of drug-likeness (QED) is 0.477. The number of hydrogen-bond donors (Lipinski definition) is 0. The maximum atomic E-state index is 12.0. The molecule has 0 aromatic rings. The fourth-order valence-electron chi connectivity index (χ4n) is 0.204. The van der Waals surface area contributed by atoms with Crippen LogP contribution >= 0.6 is 0 Å². The second kappa shape index (κ2) is 7.41. The standard InChI is InChI=1S/C6H9F.C2H6/c1-4-6(7)5(2)3;1-2/h4H,1H2,2-3H3;1-2H3. The van der Waals surface area contributed by atoms with E-state index in [1.165, 1.54) is 6.08 Å². The second-order valence-corrected chi connectivity index (χ2v) is 1.55. The van der Waals surface area contributed by atoms with Gasteiger partial charge in [0.1, 0.15) is 5.83 Å². The Morgan fingerprint density at radius 2 is 1.67 bits per heavy atom. The minimum absolute atomic E-state index is 0.222. The zero-order valence-corrected chi connectivity index (χ0v) is 6.66. The third kappa shape index (κ3) is 7.41. The van der Waals surface area contributed by atoms with Crippen molar-refractivity contribution in [2.45, 2.75) is 27.7 Å². The minimum Gasteiger partial charge on any atom is -0.207 e. The van der Waals surface area contributed by atoms with Crippen LogP contribution in [0.1, 0.15) is 27.7 Å². The normalized spacial score (nSPS) is 6.78. The van der Waals surface area contributed by atoms with Gasteiger partial charge in [0, 0.05) is 0 Å². The highest BCUT2D eigenvalue weighted by Gasteiger charge is 1.84. The van der Waals surface area contributed by atoms with Crippen molar-refractivity contribution < 1.29 is 4.39 Å². The van der Waals surface area contributed by atoms with E-state index in [-0.39, 0.29) is 5.83 Å². The molecule has 0 fully saturated rings. The van der Waals surface area contributed by atoms with Crippen LogP contribution in [0.2, 0.25) is 0 Å². The Kier molecular flexibility index (Phi) is 9.25. The smallest absolute Gasteiger partial charge is 0.121 e. The highest BCUT2D eigenvalue weighted by atomic mass is 19.1. The number of halogens is 1. The highest BCUT2D eigenvalue weighted by molar-refractivity contribution is 5.13. The lowest BCUT2D eigenvalue weighted by atomic mass is 10.3. The van der Waals surface area contributed by atoms with E-state index >= 15 is 0 Å². The van der Waals surface area contributed by atoms with Crippen LogP contribution in [0.25, 0.3) is 0 Å². The molecule has 0 aromatic heterocycles. The lowest BCUT2D eigenvalue weighted by Gasteiger charge is -1.85. The maximum absolute atomic E-state index is 12.0. The van der Waals surface area contributed by atoms with Crippen LogP contribution in [0.15, 0.2) is 24.1 Å². The van der Waals surface area contributed by atoms with E-state index < -0.39 is 0 Å². The van der Waals surface area contributed by atoms with Gasteiger partial charge in [-0.25, -0.2) is 4.39 Å². The minimum atomic E-state index is -0.222. The topological polar surface area (TPSA) is 0 Å². The van der Waals surface area contributed by atoms with Gasteiger partial charge in [0.25, 0.3) is 0 Å². The van der Waals surface area contributed by atoms with Crippen molar-refractivity contribution in [3.63, 3.8) is 0 Å². The highest BCUT2D eigenvalue weighted by Crippen LogP contribution is 2.03. The van der Waals surface area contributed by atoms with E-state index in [1.807, 2.05) is 13.8 Å². The van der Waals surface area contributed by atoms with Gasteiger partial charge in [0.2, 0.25) is 0 Å². The molecule has 0 unspecified atom stereocenters. The van der Waals surface area contributed by atoms with E-state index in [4.69, 9.17) is 0 Å². The Balaban J connectivity index is 0. The molecule has 0 saturated carbocycles. The summed E-state index contributed by atoms with van der Waals surface area (Å²) < 4.78 is 12.0. The van der Waals surface area contributed by atoms with Gasteiger partial charge in [-0.3, -0.25) is 0 Å². The largest absolute Gasteiger partial charge is 0.207 e. The predicted molar refractivity (Wildman–Crippen MR) is 41.0 cm³/mol. The molecule has 0 rings (SSSR count). The molecule has 0 heterocycles. The molecule has 0 atom stereocenters. The molecule has 1 heteroatoms. The third-order valence-corrected chi connectivity index (χ3v) is 0.657. The molecule has 0 saturated heterocycles. The molecular weight excluding hydrogens is 115 g/mol. The zero-order valence-electron chi connectivity index (χ0n) is 6.66. The molecule has 0 amide bonds. The first-order valence-corrected chi connectivity index (χ1v) is 3.14. The fourth-order valence-corrected chi connectivity index (χ4v) is 0.204. The Morgan fingerprint density at radius 3 is 1.67 bits per heavy atom. The number of rotatable bonds is 1. The molecule has 0 aliphatic carbocycles. The summed E-state index contributed by atoms with van der Waals surface area (Å²) in [7, 11) is 0. The summed E-state index contributed by atoms with van der Waals surface area (Å²) in [5.74, 6) is -0.222. The van der Waals surface area contributed by atoms with Gasteiger partial charge in [-0.05, 0) is 25.5 Å². The maximum Gasteiger partial charge on any atom is 0.121 e. The average Bonchev–Trinajstić information content (AvgIpc) is 1.91. The van der Waals surface area contributed by atoms with E-state index in [2.05, 4.69) is 6.58 Å². The van der Waals surface area contributed by atoms with Crippen LogP contribution in [0, 0.1) is 0 Å². The Bertz CT molecular complexity index is 97.1. The number of allylic oxidation sites excluding steroid dienone is 3. The van der Waals surface area contributed by atoms with Gasteiger partial charge in [-0.15, -0.1) is 0 Å². The molecule has 0 aliphatic rings. The Morgan fingerprint density at radius 1 is 1.33 bits per heavy atom. The van der Waals surface area contributed by atoms with Crippen molar-refractivity contribution in [2.24, 2.45) is 0 Å². The lowest BCUT2D eigenvalue weighted by Crippen LogP contribution is -1.67.